The van der Waals surface area contributed by atoms with E-state index in [1.54, 1.807) is 12.1 Å². The summed E-state index contributed by atoms with van der Waals surface area (Å²) >= 11 is 5.99. The third-order valence-electron chi connectivity index (χ3n) is 4.31. The van der Waals surface area contributed by atoms with Crippen molar-refractivity contribution in [3.8, 4) is 0 Å². The second-order valence-electron chi connectivity index (χ2n) is 5.34. The predicted octanol–water partition coefficient (Wildman–Crippen LogP) is 5.11. The van der Waals surface area contributed by atoms with Gasteiger partial charge in [0.2, 0.25) is 0 Å². The van der Waals surface area contributed by atoms with E-state index in [4.69, 9.17) is 11.6 Å². The Balaban J connectivity index is 2.67. The number of hydrogen-bond donors (Lipinski definition) is 0. The van der Waals surface area contributed by atoms with Gasteiger partial charge in [-0.25, -0.2) is 0 Å². The molecule has 1 nitrogen and oxygen atoms in total. The highest BCUT2D eigenvalue weighted by Crippen LogP contribution is 2.28. The average molecular weight is 287 g/mol. The van der Waals surface area contributed by atoms with Gasteiger partial charge in [0.25, 0.3) is 0 Å². The van der Waals surface area contributed by atoms with E-state index in [0.29, 0.717) is 10.6 Å². The normalized spacial score (nSPS) is 10.7. The first kappa shape index (κ1) is 14.8. The summed E-state index contributed by atoms with van der Waals surface area (Å²) in [6.45, 7) is 10.3. The van der Waals surface area contributed by atoms with Crippen molar-refractivity contribution in [1.82, 2.24) is 0 Å². The third-order valence-corrected chi connectivity index (χ3v) is 4.55. The van der Waals surface area contributed by atoms with Crippen LogP contribution in [-0.4, -0.2) is 5.78 Å². The molecule has 104 valence electrons. The smallest absolute Gasteiger partial charge is 0.193 e. The SMILES string of the molecule is Cc1c(C)c(C)c(C(=O)c2cccc(Cl)c2)c(C)c1C. The molecule has 0 saturated carbocycles. The summed E-state index contributed by atoms with van der Waals surface area (Å²) in [4.78, 5) is 12.8. The zero-order valence-electron chi connectivity index (χ0n) is 12.6. The van der Waals surface area contributed by atoms with Crippen LogP contribution in [0.1, 0.15) is 43.7 Å². The molecule has 0 aromatic heterocycles. The number of carbonyl (C=O) groups excluding carboxylic acids is 1. The van der Waals surface area contributed by atoms with E-state index in [-0.39, 0.29) is 5.78 Å². The van der Waals surface area contributed by atoms with E-state index in [9.17, 15) is 4.79 Å². The van der Waals surface area contributed by atoms with Gasteiger partial charge in [-0.15, -0.1) is 0 Å². The summed E-state index contributed by atoms with van der Waals surface area (Å²) in [5.41, 5.74) is 7.24. The predicted molar refractivity (Wildman–Crippen MR) is 85.0 cm³/mol. The van der Waals surface area contributed by atoms with Gasteiger partial charge in [0, 0.05) is 16.1 Å². The highest BCUT2D eigenvalue weighted by atomic mass is 35.5. The Morgan fingerprint density at radius 3 is 1.85 bits per heavy atom. The first-order valence-electron chi connectivity index (χ1n) is 6.71. The molecule has 2 heteroatoms. The van der Waals surface area contributed by atoms with E-state index < -0.39 is 0 Å². The minimum Gasteiger partial charge on any atom is -0.289 e. The van der Waals surface area contributed by atoms with E-state index >= 15 is 0 Å². The second-order valence-corrected chi connectivity index (χ2v) is 5.78. The second kappa shape index (κ2) is 5.41. The fourth-order valence-corrected chi connectivity index (χ4v) is 2.80. The van der Waals surface area contributed by atoms with Crippen LogP contribution >= 0.6 is 11.6 Å². The van der Waals surface area contributed by atoms with Crippen LogP contribution in [0.15, 0.2) is 24.3 Å². The van der Waals surface area contributed by atoms with Gasteiger partial charge in [0.15, 0.2) is 5.78 Å². The van der Waals surface area contributed by atoms with Crippen molar-refractivity contribution in [3.05, 3.63) is 68.2 Å². The van der Waals surface area contributed by atoms with Crippen molar-refractivity contribution in [1.29, 1.82) is 0 Å². The van der Waals surface area contributed by atoms with E-state index in [1.807, 2.05) is 26.0 Å². The molecule has 0 aliphatic carbocycles. The molecule has 0 unspecified atom stereocenters. The van der Waals surface area contributed by atoms with Crippen molar-refractivity contribution in [3.63, 3.8) is 0 Å². The lowest BCUT2D eigenvalue weighted by Gasteiger charge is -2.18. The molecule has 0 spiro atoms. The van der Waals surface area contributed by atoms with Gasteiger partial charge in [-0.05, 0) is 74.6 Å². The van der Waals surface area contributed by atoms with Crippen LogP contribution in [0, 0.1) is 34.6 Å². The van der Waals surface area contributed by atoms with Gasteiger partial charge < -0.3 is 0 Å². The molecule has 20 heavy (non-hydrogen) atoms. The zero-order chi connectivity index (χ0) is 15.0. The topological polar surface area (TPSA) is 17.1 Å². The van der Waals surface area contributed by atoms with Crippen LogP contribution in [0.5, 0.6) is 0 Å². The Labute approximate surface area is 125 Å². The Morgan fingerprint density at radius 2 is 1.35 bits per heavy atom. The summed E-state index contributed by atoms with van der Waals surface area (Å²) < 4.78 is 0. The van der Waals surface area contributed by atoms with Gasteiger partial charge in [-0.1, -0.05) is 23.7 Å². The highest BCUT2D eigenvalue weighted by molar-refractivity contribution is 6.31. The molecule has 0 aliphatic rings. The number of rotatable bonds is 2. The molecule has 0 atom stereocenters. The standard InChI is InChI=1S/C18H19ClO/c1-10-11(2)13(4)17(14(5)12(10)3)18(20)15-7-6-8-16(19)9-15/h6-9H,1-5H3. The molecule has 0 saturated heterocycles. The molecule has 0 heterocycles. The first-order chi connectivity index (χ1) is 9.34. The summed E-state index contributed by atoms with van der Waals surface area (Å²) in [6, 6.07) is 7.14. The van der Waals surface area contributed by atoms with E-state index in [1.165, 1.54) is 16.7 Å². The molecule has 0 aliphatic heterocycles. The number of halogens is 1. The van der Waals surface area contributed by atoms with Crippen LogP contribution in [0.25, 0.3) is 0 Å². The Hall–Kier alpha value is -1.60. The lowest BCUT2D eigenvalue weighted by atomic mass is 9.86. The molecule has 0 N–H and O–H groups in total. The number of benzene rings is 2. The largest absolute Gasteiger partial charge is 0.289 e. The van der Waals surface area contributed by atoms with Gasteiger partial charge in [-0.3, -0.25) is 4.79 Å². The molecule has 2 rings (SSSR count). The van der Waals surface area contributed by atoms with Gasteiger partial charge >= 0.3 is 0 Å². The van der Waals surface area contributed by atoms with Gasteiger partial charge in [0.1, 0.15) is 0 Å². The van der Waals surface area contributed by atoms with Crippen LogP contribution < -0.4 is 0 Å². The Morgan fingerprint density at radius 1 is 0.850 bits per heavy atom. The summed E-state index contributed by atoms with van der Waals surface area (Å²) in [5.74, 6) is 0.0497. The van der Waals surface area contributed by atoms with Crippen molar-refractivity contribution in [2.24, 2.45) is 0 Å². The van der Waals surface area contributed by atoms with Gasteiger partial charge in [-0.2, -0.15) is 0 Å². The summed E-state index contributed by atoms with van der Waals surface area (Å²) in [5, 5.41) is 0.590. The third kappa shape index (κ3) is 2.38. The maximum Gasteiger partial charge on any atom is 0.193 e. The molecule has 0 amide bonds. The van der Waals surface area contributed by atoms with Crippen molar-refractivity contribution in [2.45, 2.75) is 34.6 Å². The summed E-state index contributed by atoms with van der Waals surface area (Å²) in [7, 11) is 0. The molecule has 0 radical (unpaired) electrons. The van der Waals surface area contributed by atoms with Crippen molar-refractivity contribution >= 4 is 17.4 Å². The average Bonchev–Trinajstić information content (AvgIpc) is 2.43. The van der Waals surface area contributed by atoms with Crippen LogP contribution in [0.4, 0.5) is 0 Å². The van der Waals surface area contributed by atoms with E-state index in [0.717, 1.165) is 16.7 Å². The maximum atomic E-state index is 12.8. The summed E-state index contributed by atoms with van der Waals surface area (Å²) in [6.07, 6.45) is 0. The molecular weight excluding hydrogens is 268 g/mol. The molecular formula is C18H19ClO. The Kier molecular flexibility index (Phi) is 4.01. The number of hydrogen-bond acceptors (Lipinski definition) is 1. The fourth-order valence-electron chi connectivity index (χ4n) is 2.61. The lowest BCUT2D eigenvalue weighted by Crippen LogP contribution is -2.10. The van der Waals surface area contributed by atoms with Crippen LogP contribution in [-0.2, 0) is 0 Å². The molecule has 0 bridgehead atoms. The van der Waals surface area contributed by atoms with Crippen molar-refractivity contribution < 1.29 is 4.79 Å². The molecule has 2 aromatic rings. The molecule has 2 aromatic carbocycles. The quantitative estimate of drug-likeness (QED) is 0.701. The number of carbonyl (C=O) groups is 1. The van der Waals surface area contributed by atoms with Gasteiger partial charge in [0.05, 0.1) is 0 Å². The monoisotopic (exact) mass is 286 g/mol. The minimum absolute atomic E-state index is 0.0497. The zero-order valence-corrected chi connectivity index (χ0v) is 13.4. The fraction of sp³-hybridized carbons (Fsp3) is 0.278. The van der Waals surface area contributed by atoms with E-state index in [2.05, 4.69) is 20.8 Å². The minimum atomic E-state index is 0.0497. The van der Waals surface area contributed by atoms with Crippen molar-refractivity contribution in [2.75, 3.05) is 0 Å². The Bertz CT molecular complexity index is 670. The van der Waals surface area contributed by atoms with Crippen LogP contribution in [0.2, 0.25) is 5.02 Å². The van der Waals surface area contributed by atoms with Crippen LogP contribution in [0.3, 0.4) is 0 Å². The molecule has 0 fully saturated rings. The maximum absolute atomic E-state index is 12.8. The lowest BCUT2D eigenvalue weighted by molar-refractivity contribution is 0.103. The first-order valence-corrected chi connectivity index (χ1v) is 7.09. The number of ketones is 1. The highest BCUT2D eigenvalue weighted by Gasteiger charge is 2.19.